The van der Waals surface area contributed by atoms with Gasteiger partial charge in [0.1, 0.15) is 0 Å². The molecule has 7 nitrogen and oxygen atoms in total. The molecule has 1 heterocycles. The molecule has 2 aromatic rings. The van der Waals surface area contributed by atoms with Crippen LogP contribution in [0.15, 0.2) is 27.4 Å². The van der Waals surface area contributed by atoms with Gasteiger partial charge < -0.3 is 19.7 Å². The number of rotatable bonds is 8. The van der Waals surface area contributed by atoms with Gasteiger partial charge in [-0.05, 0) is 24.0 Å². The van der Waals surface area contributed by atoms with Gasteiger partial charge >= 0.3 is 12.3 Å². The third kappa shape index (κ3) is 5.77. The molecule has 10 heteroatoms. The maximum Gasteiger partial charge on any atom is 0.506 e. The molecule has 0 radical (unpaired) electrons. The Morgan fingerprint density at radius 2 is 2.12 bits per heavy atom. The normalized spacial score (nSPS) is 12.0. The van der Waals surface area contributed by atoms with Crippen molar-refractivity contribution in [2.45, 2.75) is 28.0 Å². The van der Waals surface area contributed by atoms with Crippen LogP contribution in [0, 0.1) is 0 Å². The minimum Gasteiger partial charge on any atom is -0.450 e. The van der Waals surface area contributed by atoms with E-state index in [1.807, 2.05) is 18.2 Å². The van der Waals surface area contributed by atoms with Crippen molar-refractivity contribution in [3.05, 3.63) is 18.2 Å². The highest BCUT2D eigenvalue weighted by Crippen LogP contribution is 2.35. The second kappa shape index (κ2) is 9.00. The Labute approximate surface area is 150 Å². The second-order valence-electron chi connectivity index (χ2n) is 4.38. The Hall–Kier alpha value is -1.65. The summed E-state index contributed by atoms with van der Waals surface area (Å²) in [5.41, 5.74) is 0.0470. The van der Waals surface area contributed by atoms with Crippen molar-refractivity contribution in [1.82, 2.24) is 4.98 Å². The number of hydrogen-bond donors (Lipinski definition) is 2. The van der Waals surface area contributed by atoms with Crippen molar-refractivity contribution in [3.63, 3.8) is 0 Å². The predicted octanol–water partition coefficient (Wildman–Crippen LogP) is 4.61. The molecular weight excluding hydrogens is 374 g/mol. The van der Waals surface area contributed by atoms with Crippen molar-refractivity contribution in [1.29, 1.82) is 0 Å². The number of carboxylic acid groups (broad SMARTS) is 2. The van der Waals surface area contributed by atoms with Crippen LogP contribution in [-0.2, 0) is 9.47 Å². The highest BCUT2D eigenvalue weighted by molar-refractivity contribution is 8.01. The van der Waals surface area contributed by atoms with Gasteiger partial charge in [0.2, 0.25) is 0 Å². The summed E-state index contributed by atoms with van der Waals surface area (Å²) in [6, 6.07) is 5.97. The minimum absolute atomic E-state index is 0.107. The Balaban J connectivity index is 2.07. The number of ether oxygens (including phenoxy) is 2. The molecule has 24 heavy (non-hydrogen) atoms. The molecule has 0 fully saturated rings. The van der Waals surface area contributed by atoms with E-state index in [2.05, 4.69) is 16.6 Å². The molecular formula is C14H15NO6S3. The summed E-state index contributed by atoms with van der Waals surface area (Å²) >= 11 is 4.31. The molecule has 2 N–H and O–H groups in total. The highest BCUT2D eigenvalue weighted by atomic mass is 32.2. The molecule has 1 aromatic carbocycles. The van der Waals surface area contributed by atoms with Crippen LogP contribution < -0.4 is 0 Å². The average Bonchev–Trinajstić information content (AvgIpc) is 2.88. The third-order valence-electron chi connectivity index (χ3n) is 2.69. The number of nitrogens with zero attached hydrogens (tertiary/aromatic N) is 1. The zero-order valence-electron chi connectivity index (χ0n) is 12.6. The molecule has 0 bridgehead atoms. The number of benzene rings is 1. The molecule has 0 aliphatic rings. The first-order valence-electron chi connectivity index (χ1n) is 6.93. The van der Waals surface area contributed by atoms with Gasteiger partial charge in [0.05, 0.1) is 16.8 Å². The average molecular weight is 389 g/mol. The van der Waals surface area contributed by atoms with Crippen molar-refractivity contribution in [3.8, 4) is 0 Å². The van der Waals surface area contributed by atoms with Crippen LogP contribution in [0.5, 0.6) is 0 Å². The Morgan fingerprint density at radius 3 is 2.79 bits per heavy atom. The maximum atomic E-state index is 10.8. The van der Waals surface area contributed by atoms with Gasteiger partial charge in [0, 0.05) is 11.3 Å². The Morgan fingerprint density at radius 1 is 1.33 bits per heavy atom. The fourth-order valence-electron chi connectivity index (χ4n) is 1.80. The van der Waals surface area contributed by atoms with Gasteiger partial charge in [-0.15, -0.1) is 23.1 Å². The molecule has 1 aromatic heterocycles. The lowest BCUT2D eigenvalue weighted by atomic mass is 10.3. The lowest BCUT2D eigenvalue weighted by Gasteiger charge is -2.13. The fraction of sp³-hybridized carbons (Fsp3) is 0.357. The molecule has 130 valence electrons. The van der Waals surface area contributed by atoms with E-state index in [-0.39, 0.29) is 13.0 Å². The van der Waals surface area contributed by atoms with Crippen LogP contribution in [0.4, 0.5) is 9.59 Å². The van der Waals surface area contributed by atoms with Gasteiger partial charge in [-0.1, -0.05) is 18.7 Å². The fourth-order valence-corrected chi connectivity index (χ4v) is 4.81. The molecule has 0 spiro atoms. The molecule has 1 unspecified atom stereocenters. The first-order chi connectivity index (χ1) is 11.5. The van der Waals surface area contributed by atoms with Crippen molar-refractivity contribution < 1.29 is 29.3 Å². The molecule has 0 aliphatic carbocycles. The number of fused-ring (bicyclic) bond motifs is 1. The van der Waals surface area contributed by atoms with E-state index in [9.17, 15) is 9.59 Å². The van der Waals surface area contributed by atoms with Crippen LogP contribution in [-0.4, -0.2) is 45.3 Å². The Bertz CT molecular complexity index is 720. The Kier molecular flexibility index (Phi) is 7.00. The number of thiazole rings is 1. The summed E-state index contributed by atoms with van der Waals surface area (Å²) in [5.74, 6) is 0.976. The standard InChI is InChI=1S/C14H15NO6S3/c1-2-22-8-3-4-9-10(7-8)23-12(15-9)24-11(21-14(18)19)5-6-20-13(16)17/h3-4,7,11H,2,5-6H2,1H3,(H,16,17)(H,18,19). The summed E-state index contributed by atoms with van der Waals surface area (Å²) in [5, 5.41) is 17.3. The summed E-state index contributed by atoms with van der Waals surface area (Å²) in [7, 11) is 0. The summed E-state index contributed by atoms with van der Waals surface area (Å²) in [6.45, 7) is 1.93. The highest BCUT2D eigenvalue weighted by Gasteiger charge is 2.19. The van der Waals surface area contributed by atoms with Crippen LogP contribution in [0.25, 0.3) is 10.2 Å². The van der Waals surface area contributed by atoms with Crippen molar-refractivity contribution >= 4 is 57.4 Å². The van der Waals surface area contributed by atoms with Crippen LogP contribution >= 0.6 is 34.9 Å². The number of thioether (sulfide) groups is 2. The monoisotopic (exact) mass is 389 g/mol. The molecule has 2 rings (SSSR count). The van der Waals surface area contributed by atoms with Gasteiger partial charge in [-0.3, -0.25) is 0 Å². The molecule has 0 saturated heterocycles. The molecule has 0 saturated carbocycles. The zero-order valence-corrected chi connectivity index (χ0v) is 15.1. The van der Waals surface area contributed by atoms with E-state index in [1.54, 1.807) is 11.8 Å². The summed E-state index contributed by atoms with van der Waals surface area (Å²) in [4.78, 5) is 26.7. The quantitative estimate of drug-likeness (QED) is 0.380. The zero-order chi connectivity index (χ0) is 17.5. The van der Waals surface area contributed by atoms with Gasteiger partial charge in [0.25, 0.3) is 0 Å². The predicted molar refractivity (Wildman–Crippen MR) is 93.4 cm³/mol. The number of carbonyl (C=O) groups is 2. The lowest BCUT2D eigenvalue weighted by Crippen LogP contribution is -2.16. The SMILES string of the molecule is CCSc1ccc2nc(SC(CCOC(=O)O)OC(=O)O)sc2c1. The largest absolute Gasteiger partial charge is 0.506 e. The lowest BCUT2D eigenvalue weighted by molar-refractivity contribution is 0.0601. The van der Waals surface area contributed by atoms with E-state index in [1.165, 1.54) is 11.3 Å². The van der Waals surface area contributed by atoms with Crippen LogP contribution in [0.2, 0.25) is 0 Å². The topological polar surface area (TPSA) is 106 Å². The van der Waals surface area contributed by atoms with Crippen molar-refractivity contribution in [2.24, 2.45) is 0 Å². The van der Waals surface area contributed by atoms with E-state index in [0.717, 1.165) is 32.6 Å². The molecule has 0 amide bonds. The van der Waals surface area contributed by atoms with E-state index >= 15 is 0 Å². The van der Waals surface area contributed by atoms with Gasteiger partial charge in [-0.25, -0.2) is 14.6 Å². The van der Waals surface area contributed by atoms with Crippen LogP contribution in [0.3, 0.4) is 0 Å². The van der Waals surface area contributed by atoms with Crippen LogP contribution in [0.1, 0.15) is 13.3 Å². The van der Waals surface area contributed by atoms with Gasteiger partial charge in [0.15, 0.2) is 9.78 Å². The minimum atomic E-state index is -1.43. The first-order valence-corrected chi connectivity index (χ1v) is 9.61. The van der Waals surface area contributed by atoms with Gasteiger partial charge in [-0.2, -0.15) is 0 Å². The number of hydrogen-bond acceptors (Lipinski definition) is 8. The van der Waals surface area contributed by atoms with E-state index < -0.39 is 17.7 Å². The number of aromatic nitrogens is 1. The second-order valence-corrected chi connectivity index (χ2v) is 8.15. The summed E-state index contributed by atoms with van der Waals surface area (Å²) < 4.78 is 10.8. The molecule has 0 aliphatic heterocycles. The molecule has 1 atom stereocenters. The smallest absolute Gasteiger partial charge is 0.450 e. The summed E-state index contributed by atoms with van der Waals surface area (Å²) in [6.07, 6.45) is -2.73. The van der Waals surface area contributed by atoms with E-state index in [0.29, 0.717) is 4.34 Å². The van der Waals surface area contributed by atoms with E-state index in [4.69, 9.17) is 14.9 Å². The van der Waals surface area contributed by atoms with Crippen molar-refractivity contribution in [2.75, 3.05) is 12.4 Å². The first kappa shape index (κ1) is 18.7. The maximum absolute atomic E-state index is 10.8. The third-order valence-corrected chi connectivity index (χ3v) is 5.81.